The molecule has 0 atom stereocenters. The molecule has 1 heterocycles. The first kappa shape index (κ1) is 20.0. The van der Waals surface area contributed by atoms with E-state index in [1.165, 1.54) is 17.7 Å². The van der Waals surface area contributed by atoms with Crippen molar-refractivity contribution in [3.63, 3.8) is 0 Å². The van der Waals surface area contributed by atoms with Crippen molar-refractivity contribution in [3.05, 3.63) is 75.3 Å². The fraction of sp³-hybridized carbons (Fsp3) is 0.409. The quantitative estimate of drug-likeness (QED) is 0.567. The van der Waals surface area contributed by atoms with Gasteiger partial charge in [-0.2, -0.15) is 0 Å². The Labute approximate surface area is 165 Å². The number of nitro benzene ring substituents is 1. The van der Waals surface area contributed by atoms with E-state index in [4.69, 9.17) is 0 Å². The molecule has 28 heavy (non-hydrogen) atoms. The fourth-order valence-electron chi connectivity index (χ4n) is 3.63. The predicted molar refractivity (Wildman–Crippen MR) is 109 cm³/mol. The third-order valence-corrected chi connectivity index (χ3v) is 5.43. The monoisotopic (exact) mass is 381 g/mol. The number of likely N-dealkylation sites (tertiary alicyclic amines) is 1. The van der Waals surface area contributed by atoms with Crippen LogP contribution >= 0.6 is 0 Å². The third kappa shape index (κ3) is 5.16. The second-order valence-corrected chi connectivity index (χ2v) is 7.64. The normalized spacial score (nSPS) is 15.4. The lowest BCUT2D eigenvalue weighted by atomic mass is 10.0. The number of amides is 1. The average Bonchev–Trinajstić information content (AvgIpc) is 2.68. The molecule has 0 aliphatic carbocycles. The first-order chi connectivity index (χ1) is 13.4. The number of piperidine rings is 1. The lowest BCUT2D eigenvalue weighted by Gasteiger charge is -2.37. The number of nitrogens with zero attached hydrogens (tertiary/aromatic N) is 3. The van der Waals surface area contributed by atoms with Crippen LogP contribution in [0.2, 0.25) is 0 Å². The summed E-state index contributed by atoms with van der Waals surface area (Å²) in [7, 11) is 2.11. The van der Waals surface area contributed by atoms with E-state index in [9.17, 15) is 14.9 Å². The van der Waals surface area contributed by atoms with Crippen molar-refractivity contribution >= 4 is 11.6 Å². The summed E-state index contributed by atoms with van der Waals surface area (Å²) < 4.78 is 0. The van der Waals surface area contributed by atoms with Crippen LogP contribution in [0.4, 0.5) is 5.69 Å². The minimum Gasteiger partial charge on any atom is -0.335 e. The number of rotatable bonds is 6. The highest BCUT2D eigenvalue weighted by Gasteiger charge is 2.27. The highest BCUT2D eigenvalue weighted by atomic mass is 16.6. The molecule has 1 fully saturated rings. The maximum Gasteiger partial charge on any atom is 0.269 e. The molecule has 1 amide bonds. The van der Waals surface area contributed by atoms with Gasteiger partial charge < -0.3 is 9.80 Å². The number of carbonyl (C=O) groups is 1. The summed E-state index contributed by atoms with van der Waals surface area (Å²) in [6.45, 7) is 4.62. The SMILES string of the molecule is Cc1ccc(CN(C(=O)Cc2ccc([N+](=O)[O-])cc2)C2CCN(C)CC2)cc1. The number of hydrogen-bond donors (Lipinski definition) is 0. The van der Waals surface area contributed by atoms with Gasteiger partial charge in [-0.25, -0.2) is 0 Å². The molecule has 148 valence electrons. The number of aryl methyl sites for hydroxylation is 1. The molecule has 3 rings (SSSR count). The summed E-state index contributed by atoms with van der Waals surface area (Å²) in [5.41, 5.74) is 3.17. The maximum absolute atomic E-state index is 13.2. The van der Waals surface area contributed by atoms with Gasteiger partial charge in [0.05, 0.1) is 11.3 Å². The molecule has 0 unspecified atom stereocenters. The van der Waals surface area contributed by atoms with Gasteiger partial charge in [-0.05, 0) is 51.0 Å². The maximum atomic E-state index is 13.2. The molecule has 0 spiro atoms. The smallest absolute Gasteiger partial charge is 0.269 e. The molecule has 1 saturated heterocycles. The minimum atomic E-state index is -0.423. The summed E-state index contributed by atoms with van der Waals surface area (Å²) in [4.78, 5) is 27.9. The number of carbonyl (C=O) groups excluding carboxylic acids is 1. The van der Waals surface area contributed by atoms with E-state index in [1.54, 1.807) is 12.1 Å². The molecular weight excluding hydrogens is 354 g/mol. The standard InChI is InChI=1S/C22H27N3O3/c1-17-3-5-19(6-4-17)16-24(20-11-13-23(2)14-12-20)22(26)15-18-7-9-21(10-8-18)25(27)28/h3-10,20H,11-16H2,1-2H3. The van der Waals surface area contributed by atoms with Gasteiger partial charge in [0, 0.05) is 24.7 Å². The Morgan fingerprint density at radius 3 is 2.21 bits per heavy atom. The van der Waals surface area contributed by atoms with Gasteiger partial charge in [0.25, 0.3) is 5.69 Å². The van der Waals surface area contributed by atoms with E-state index in [-0.39, 0.29) is 24.1 Å². The van der Waals surface area contributed by atoms with Crippen LogP contribution < -0.4 is 0 Å². The largest absolute Gasteiger partial charge is 0.335 e. The van der Waals surface area contributed by atoms with Crippen molar-refractivity contribution in [2.45, 2.75) is 38.8 Å². The van der Waals surface area contributed by atoms with Crippen molar-refractivity contribution < 1.29 is 9.72 Å². The van der Waals surface area contributed by atoms with Crippen LogP contribution in [-0.2, 0) is 17.8 Å². The zero-order valence-corrected chi connectivity index (χ0v) is 16.5. The minimum absolute atomic E-state index is 0.0445. The van der Waals surface area contributed by atoms with Crippen molar-refractivity contribution in [3.8, 4) is 0 Å². The summed E-state index contributed by atoms with van der Waals surface area (Å²) in [6.07, 6.45) is 2.19. The molecule has 6 heteroatoms. The summed E-state index contributed by atoms with van der Waals surface area (Å²) in [6, 6.07) is 14.8. The van der Waals surface area contributed by atoms with E-state index in [2.05, 4.69) is 43.1 Å². The van der Waals surface area contributed by atoms with Crippen molar-refractivity contribution in [2.75, 3.05) is 20.1 Å². The summed E-state index contributed by atoms with van der Waals surface area (Å²) in [5, 5.41) is 10.8. The second kappa shape index (κ2) is 8.97. The topological polar surface area (TPSA) is 66.7 Å². The Morgan fingerprint density at radius 1 is 1.07 bits per heavy atom. The lowest BCUT2D eigenvalue weighted by molar-refractivity contribution is -0.384. The van der Waals surface area contributed by atoms with Crippen LogP contribution in [0.1, 0.15) is 29.5 Å². The van der Waals surface area contributed by atoms with Crippen molar-refractivity contribution in [1.82, 2.24) is 9.80 Å². The first-order valence-corrected chi connectivity index (χ1v) is 9.69. The van der Waals surface area contributed by atoms with E-state index in [0.717, 1.165) is 37.1 Å². The van der Waals surface area contributed by atoms with Crippen LogP contribution in [0.5, 0.6) is 0 Å². The Morgan fingerprint density at radius 2 is 1.64 bits per heavy atom. The highest BCUT2D eigenvalue weighted by Crippen LogP contribution is 2.21. The van der Waals surface area contributed by atoms with Gasteiger partial charge in [-0.15, -0.1) is 0 Å². The van der Waals surface area contributed by atoms with E-state index >= 15 is 0 Å². The zero-order valence-electron chi connectivity index (χ0n) is 16.5. The Bertz CT molecular complexity index is 810. The highest BCUT2D eigenvalue weighted by molar-refractivity contribution is 5.79. The molecule has 0 aromatic heterocycles. The van der Waals surface area contributed by atoms with Gasteiger partial charge in [-0.1, -0.05) is 42.0 Å². The summed E-state index contributed by atoms with van der Waals surface area (Å²) >= 11 is 0. The molecule has 0 radical (unpaired) electrons. The molecular formula is C22H27N3O3. The van der Waals surface area contributed by atoms with Gasteiger partial charge in [-0.3, -0.25) is 14.9 Å². The van der Waals surface area contributed by atoms with Crippen LogP contribution in [0.3, 0.4) is 0 Å². The van der Waals surface area contributed by atoms with E-state index < -0.39 is 4.92 Å². The molecule has 6 nitrogen and oxygen atoms in total. The molecule has 0 N–H and O–H groups in total. The molecule has 2 aromatic rings. The molecule has 1 aliphatic rings. The molecule has 2 aromatic carbocycles. The van der Waals surface area contributed by atoms with Crippen LogP contribution in [-0.4, -0.2) is 46.8 Å². The first-order valence-electron chi connectivity index (χ1n) is 9.69. The Kier molecular flexibility index (Phi) is 6.41. The van der Waals surface area contributed by atoms with E-state index in [0.29, 0.717) is 6.54 Å². The van der Waals surface area contributed by atoms with E-state index in [1.807, 2.05) is 4.90 Å². The van der Waals surface area contributed by atoms with Crippen molar-refractivity contribution in [1.29, 1.82) is 0 Å². The van der Waals surface area contributed by atoms with Gasteiger partial charge in [0.1, 0.15) is 0 Å². The fourth-order valence-corrected chi connectivity index (χ4v) is 3.63. The Hall–Kier alpha value is -2.73. The number of nitro groups is 1. The summed E-state index contributed by atoms with van der Waals surface area (Å²) in [5.74, 6) is 0.0731. The van der Waals surface area contributed by atoms with Gasteiger partial charge in [0.2, 0.25) is 5.91 Å². The van der Waals surface area contributed by atoms with Gasteiger partial charge in [0.15, 0.2) is 0 Å². The molecule has 0 saturated carbocycles. The number of non-ortho nitro benzene ring substituents is 1. The average molecular weight is 381 g/mol. The number of benzene rings is 2. The lowest BCUT2D eigenvalue weighted by Crippen LogP contribution is -2.46. The molecule has 1 aliphatic heterocycles. The van der Waals surface area contributed by atoms with Crippen molar-refractivity contribution in [2.24, 2.45) is 0 Å². The van der Waals surface area contributed by atoms with Crippen LogP contribution in [0.15, 0.2) is 48.5 Å². The predicted octanol–water partition coefficient (Wildman–Crippen LogP) is 3.57. The molecule has 0 bridgehead atoms. The van der Waals surface area contributed by atoms with Crippen LogP contribution in [0, 0.1) is 17.0 Å². The Balaban J connectivity index is 1.75. The number of hydrogen-bond acceptors (Lipinski definition) is 4. The van der Waals surface area contributed by atoms with Gasteiger partial charge >= 0.3 is 0 Å². The third-order valence-electron chi connectivity index (χ3n) is 5.43. The van der Waals surface area contributed by atoms with Crippen LogP contribution in [0.25, 0.3) is 0 Å². The second-order valence-electron chi connectivity index (χ2n) is 7.64. The zero-order chi connectivity index (χ0) is 20.1.